The summed E-state index contributed by atoms with van der Waals surface area (Å²) in [6.45, 7) is 2.04. The van der Waals surface area contributed by atoms with E-state index in [0.717, 1.165) is 5.69 Å². The molecule has 0 aliphatic carbocycles. The number of nitrogen functional groups attached to an aromatic ring is 1. The summed E-state index contributed by atoms with van der Waals surface area (Å²) in [6.07, 6.45) is 3.31. The Labute approximate surface area is 129 Å². The number of aromatic nitrogens is 2. The van der Waals surface area contributed by atoms with E-state index >= 15 is 0 Å². The number of nitrogens with zero attached hydrogens (tertiary/aromatic N) is 2. The first kappa shape index (κ1) is 16.1. The number of primary sulfonamides is 1. The van der Waals surface area contributed by atoms with E-state index in [4.69, 9.17) is 23.1 Å². The quantitative estimate of drug-likeness (QED) is 0.704. The van der Waals surface area contributed by atoms with E-state index in [-0.39, 0.29) is 17.6 Å². The fourth-order valence-corrected chi connectivity index (χ4v) is 3.50. The highest BCUT2D eigenvalue weighted by molar-refractivity contribution is 7.89. The van der Waals surface area contributed by atoms with Crippen molar-refractivity contribution < 1.29 is 8.42 Å². The van der Waals surface area contributed by atoms with Crippen LogP contribution in [0.4, 0.5) is 11.5 Å². The van der Waals surface area contributed by atoms with Crippen LogP contribution >= 0.6 is 12.2 Å². The molecule has 0 saturated heterocycles. The number of anilines is 2. The van der Waals surface area contributed by atoms with Crippen LogP contribution in [0.2, 0.25) is 0 Å². The lowest BCUT2D eigenvalue weighted by molar-refractivity contribution is 0.422. The average Bonchev–Trinajstić information content (AvgIpc) is 2.48. The van der Waals surface area contributed by atoms with E-state index < -0.39 is 10.0 Å². The Morgan fingerprint density at radius 2 is 2.19 bits per heavy atom. The molecule has 21 heavy (non-hydrogen) atoms. The Hall–Kier alpha value is -1.32. The SMILES string of the molecule is CC1c2ncnc(N)c2NC(=S)CC1CCCS(N)(=O)=O. The Morgan fingerprint density at radius 1 is 1.48 bits per heavy atom. The first-order valence-electron chi connectivity index (χ1n) is 6.68. The second kappa shape index (κ2) is 6.20. The molecule has 2 heterocycles. The van der Waals surface area contributed by atoms with Crippen LogP contribution in [0.1, 0.15) is 37.8 Å². The van der Waals surface area contributed by atoms with Crippen molar-refractivity contribution in [3.8, 4) is 0 Å². The number of rotatable bonds is 4. The molecule has 1 aromatic rings. The summed E-state index contributed by atoms with van der Waals surface area (Å²) in [5, 5.41) is 8.13. The minimum absolute atomic E-state index is 0.0187. The smallest absolute Gasteiger partial charge is 0.209 e. The molecular formula is C12H19N5O2S2. The summed E-state index contributed by atoms with van der Waals surface area (Å²) in [7, 11) is -3.43. The van der Waals surface area contributed by atoms with E-state index in [1.165, 1.54) is 6.33 Å². The van der Waals surface area contributed by atoms with Gasteiger partial charge in [-0.2, -0.15) is 0 Å². The van der Waals surface area contributed by atoms with Gasteiger partial charge in [0.2, 0.25) is 10.0 Å². The standard InChI is InChI=1S/C12H19N5O2S2/c1-7-8(3-2-4-21(14,18)19)5-9(20)17-11-10(7)15-6-16-12(11)13/h6-8H,2-5H2,1H3,(H,17,20)(H2,13,15,16)(H2,14,18,19). The van der Waals surface area contributed by atoms with Crippen molar-refractivity contribution >= 4 is 38.7 Å². The lowest BCUT2D eigenvalue weighted by Crippen LogP contribution is -2.19. The second-order valence-corrected chi connectivity index (χ2v) is 7.56. The van der Waals surface area contributed by atoms with Crippen LogP contribution in [-0.4, -0.2) is 29.1 Å². The molecular weight excluding hydrogens is 310 g/mol. The molecule has 0 fully saturated rings. The molecule has 2 atom stereocenters. The topological polar surface area (TPSA) is 124 Å². The van der Waals surface area contributed by atoms with Gasteiger partial charge in [-0.1, -0.05) is 19.1 Å². The predicted octanol–water partition coefficient (Wildman–Crippen LogP) is 0.990. The summed E-state index contributed by atoms with van der Waals surface area (Å²) in [6, 6.07) is 0. The molecule has 0 amide bonds. The number of sulfonamides is 1. The molecule has 9 heteroatoms. The third kappa shape index (κ3) is 4.08. The molecule has 2 rings (SSSR count). The summed E-state index contributed by atoms with van der Waals surface area (Å²) < 4.78 is 22.1. The van der Waals surface area contributed by atoms with Crippen LogP contribution in [-0.2, 0) is 10.0 Å². The molecule has 0 spiro atoms. The Kier molecular flexibility index (Phi) is 4.74. The van der Waals surface area contributed by atoms with Crippen LogP contribution in [0.5, 0.6) is 0 Å². The van der Waals surface area contributed by atoms with Crippen LogP contribution in [0, 0.1) is 5.92 Å². The van der Waals surface area contributed by atoms with Crippen molar-refractivity contribution in [3.05, 3.63) is 12.0 Å². The zero-order valence-electron chi connectivity index (χ0n) is 11.7. The van der Waals surface area contributed by atoms with Gasteiger partial charge in [0.15, 0.2) is 5.82 Å². The number of fused-ring (bicyclic) bond motifs is 1. The first-order chi connectivity index (χ1) is 9.78. The van der Waals surface area contributed by atoms with Crippen molar-refractivity contribution in [3.63, 3.8) is 0 Å². The maximum atomic E-state index is 11.0. The maximum Gasteiger partial charge on any atom is 0.209 e. The van der Waals surface area contributed by atoms with Crippen LogP contribution < -0.4 is 16.2 Å². The Bertz CT molecular complexity index is 647. The van der Waals surface area contributed by atoms with Crippen molar-refractivity contribution in [1.29, 1.82) is 0 Å². The van der Waals surface area contributed by atoms with Gasteiger partial charge >= 0.3 is 0 Å². The van der Waals surface area contributed by atoms with Gasteiger partial charge in [-0.25, -0.2) is 23.5 Å². The molecule has 2 unspecified atom stereocenters. The predicted molar refractivity (Wildman–Crippen MR) is 86.4 cm³/mol. The minimum Gasteiger partial charge on any atom is -0.382 e. The molecule has 0 aromatic carbocycles. The summed E-state index contributed by atoms with van der Waals surface area (Å²) >= 11 is 5.32. The number of nitrogens with two attached hydrogens (primary N) is 2. The molecule has 7 nitrogen and oxygen atoms in total. The van der Waals surface area contributed by atoms with Gasteiger partial charge in [0.05, 0.1) is 16.4 Å². The van der Waals surface area contributed by atoms with Crippen molar-refractivity contribution in [2.24, 2.45) is 11.1 Å². The molecule has 1 aromatic heterocycles. The highest BCUT2D eigenvalue weighted by Gasteiger charge is 2.29. The lowest BCUT2D eigenvalue weighted by atomic mass is 9.85. The second-order valence-electron chi connectivity index (χ2n) is 5.33. The normalized spacial score (nSPS) is 22.3. The van der Waals surface area contributed by atoms with Gasteiger partial charge in [0, 0.05) is 12.3 Å². The Morgan fingerprint density at radius 3 is 2.86 bits per heavy atom. The van der Waals surface area contributed by atoms with Gasteiger partial charge in [-0.15, -0.1) is 0 Å². The number of thiocarbonyl (C=S) groups is 1. The average molecular weight is 329 g/mol. The van der Waals surface area contributed by atoms with Crippen molar-refractivity contribution in [1.82, 2.24) is 9.97 Å². The highest BCUT2D eigenvalue weighted by atomic mass is 32.2. The molecule has 0 bridgehead atoms. The fourth-order valence-electron chi connectivity index (χ4n) is 2.61. The van der Waals surface area contributed by atoms with Crippen LogP contribution in [0.3, 0.4) is 0 Å². The summed E-state index contributed by atoms with van der Waals surface area (Å²) in [5.41, 5.74) is 7.36. The zero-order valence-corrected chi connectivity index (χ0v) is 13.4. The van der Waals surface area contributed by atoms with Crippen LogP contribution in [0.15, 0.2) is 6.33 Å². The molecule has 1 aliphatic rings. The van der Waals surface area contributed by atoms with E-state index in [1.54, 1.807) is 0 Å². The highest BCUT2D eigenvalue weighted by Crippen LogP contribution is 2.38. The van der Waals surface area contributed by atoms with Crippen LogP contribution in [0.25, 0.3) is 0 Å². The monoisotopic (exact) mass is 329 g/mol. The van der Waals surface area contributed by atoms with Crippen molar-refractivity contribution in [2.45, 2.75) is 32.1 Å². The maximum absolute atomic E-state index is 11.0. The van der Waals surface area contributed by atoms with Gasteiger partial charge in [0.25, 0.3) is 0 Å². The van der Waals surface area contributed by atoms with Gasteiger partial charge in [0.1, 0.15) is 12.0 Å². The molecule has 0 radical (unpaired) electrons. The van der Waals surface area contributed by atoms with Gasteiger partial charge in [-0.05, 0) is 18.8 Å². The fraction of sp³-hybridized carbons (Fsp3) is 0.583. The minimum atomic E-state index is -3.43. The molecule has 0 saturated carbocycles. The summed E-state index contributed by atoms with van der Waals surface area (Å²) in [5.74, 6) is 0.662. The number of hydrogen-bond donors (Lipinski definition) is 3. The summed E-state index contributed by atoms with van der Waals surface area (Å²) in [4.78, 5) is 8.95. The third-order valence-electron chi connectivity index (χ3n) is 3.76. The third-order valence-corrected chi connectivity index (χ3v) is 4.89. The van der Waals surface area contributed by atoms with E-state index in [1.807, 2.05) is 6.92 Å². The van der Waals surface area contributed by atoms with E-state index in [2.05, 4.69) is 15.3 Å². The van der Waals surface area contributed by atoms with Crippen molar-refractivity contribution in [2.75, 3.05) is 16.8 Å². The molecule has 1 aliphatic heterocycles. The largest absolute Gasteiger partial charge is 0.382 e. The molecule has 5 N–H and O–H groups in total. The molecule has 116 valence electrons. The number of hydrogen-bond acceptors (Lipinski definition) is 6. The zero-order chi connectivity index (χ0) is 15.6. The van der Waals surface area contributed by atoms with Gasteiger partial charge < -0.3 is 11.1 Å². The van der Waals surface area contributed by atoms with Gasteiger partial charge in [-0.3, -0.25) is 0 Å². The van der Waals surface area contributed by atoms with E-state index in [9.17, 15) is 8.42 Å². The first-order valence-corrected chi connectivity index (χ1v) is 8.81. The van der Waals surface area contributed by atoms with E-state index in [0.29, 0.717) is 35.8 Å². The lowest BCUT2D eigenvalue weighted by Gasteiger charge is -2.21. The number of nitrogens with one attached hydrogen (secondary N) is 1. The Balaban J connectivity index is 2.18.